The van der Waals surface area contributed by atoms with Crippen molar-refractivity contribution >= 4 is 150 Å². The highest BCUT2D eigenvalue weighted by Gasteiger charge is 2.72. The van der Waals surface area contributed by atoms with Gasteiger partial charge in [-0.1, -0.05) is 177 Å². The number of hydrogen-bond acceptors (Lipinski definition) is 16. The third-order valence-electron chi connectivity index (χ3n) is 27.8. The minimum atomic E-state index is -1.83. The molecule has 4 aromatic carbocycles. The number of thioether (sulfide) groups is 4. The van der Waals surface area contributed by atoms with Crippen molar-refractivity contribution in [3.63, 3.8) is 0 Å². The average Bonchev–Trinajstić information content (AvgIpc) is 1.45. The number of nitrogens with zero attached hydrogens (tertiary/aromatic N) is 12. The van der Waals surface area contributed by atoms with Crippen molar-refractivity contribution in [3.8, 4) is 40.2 Å². The monoisotopic (exact) mass is 1930 g/mol. The Morgan fingerprint density at radius 1 is 0.326 bits per heavy atom. The highest BCUT2D eigenvalue weighted by atomic mass is 35.5. The van der Waals surface area contributed by atoms with Crippen LogP contribution in [0.25, 0.3) is 21.5 Å². The molecular formula is C101H156Cl4N12O8S4+6. The van der Waals surface area contributed by atoms with Crippen LogP contribution in [-0.4, -0.2) is 242 Å². The highest BCUT2D eigenvalue weighted by Crippen LogP contribution is 2.64. The first-order valence-electron chi connectivity index (χ1n) is 48.8. The van der Waals surface area contributed by atoms with Gasteiger partial charge >= 0.3 is 5.91 Å². The van der Waals surface area contributed by atoms with E-state index in [1.54, 1.807) is 47.0 Å². The van der Waals surface area contributed by atoms with E-state index < -0.39 is 5.91 Å². The SMILES string of the molecule is CC[N+](C)(CC)CCSc1c(Cl)c(OCCC(C)C)c2c(c1COCC(C)C)C1=[N+]3C2=Nc2c4c(OCCC(C)C)c(SCC[N+](C)(CC)CC)c(Cl)c(OCCC(C)C)c4c4n2[C@@]32n3c(c5c(OCCC(C)C)c(Cl)c(SCC[N+](C)(CC)CC)c(OCCC(C)C)c5c3=NC3=[N+]2C(=N4)c2c(OCCC(C)C)c(SCC[N+](C)(CC)CC)c(Cl)c(OCCC(C)C)c23)=N1. The lowest BCUT2D eigenvalue weighted by Gasteiger charge is -2.40. The molecule has 20 nitrogen and oxygen atoms in total. The molecular weight excluding hydrogens is 1780 g/mol. The number of aliphatic imine (C=N–C) groups is 2. The number of halogens is 4. The maximum absolute atomic E-state index is 8.61. The van der Waals surface area contributed by atoms with Crippen LogP contribution in [0.2, 0.25) is 20.1 Å². The standard InChI is InChI=1S/C101H156Cl4N12O8S4/c1-29-114(25,30-2)44-55-126-89-69(60-118-59-68(23)24)70-71(82(78(89)102)119-48-37-61(9)10)94-107-98-76-73(84(121-50-39-63(13)14)80(104)91(87(76)124-53-42-66(19)20)128-57-46-116(27,33-5)34-6)96-109-100-77-74(85(122-51-40-64(15)16)81(105)92(88(77)125-54-43-67(21)22)129-58-47-117(28,35-7)36-8)97-108-99-75-72(95-106-93(70)110(94)101(111(95)99,112(96)98)113(97)100)83(120-49-38-62(11)12)79(103)90(86(75)123-52-41-65(17)18)127-56-45-115(26,31-3)32-4/h61-68H,29-60H2,1-28H3/q+6/t101-/m0/s1. The van der Waals surface area contributed by atoms with Crippen molar-refractivity contribution in [2.45, 2.75) is 243 Å². The highest BCUT2D eigenvalue weighted by molar-refractivity contribution is 8.00. The number of aromatic nitrogens is 2. The minimum Gasteiger partial charge on any atom is -0.491 e. The molecule has 0 saturated carbocycles. The van der Waals surface area contributed by atoms with E-state index in [1.165, 1.54) is 0 Å². The van der Waals surface area contributed by atoms with E-state index in [2.05, 4.69) is 213 Å². The maximum atomic E-state index is 8.61. The molecule has 1 spiro atoms. The summed E-state index contributed by atoms with van der Waals surface area (Å²) in [5.41, 5.74) is 4.73. The van der Waals surface area contributed by atoms with Crippen molar-refractivity contribution in [1.82, 2.24) is 9.13 Å². The molecule has 0 fully saturated rings. The van der Waals surface area contributed by atoms with Crippen LogP contribution in [0.4, 0.5) is 11.6 Å². The third kappa shape index (κ3) is 20.8. The fourth-order valence-electron chi connectivity index (χ4n) is 17.1. The number of quaternary nitrogens is 4. The first-order chi connectivity index (χ1) is 61.4. The summed E-state index contributed by atoms with van der Waals surface area (Å²) in [4.78, 5) is 29.1. The molecule has 0 N–H and O–H groups in total. The van der Waals surface area contributed by atoms with Gasteiger partial charge in [-0.05, 0) is 148 Å². The van der Waals surface area contributed by atoms with Crippen LogP contribution in [0.1, 0.15) is 239 Å². The predicted molar refractivity (Wildman–Crippen MR) is 544 cm³/mol. The largest absolute Gasteiger partial charge is 0.491 e. The molecule has 28 heteroatoms. The summed E-state index contributed by atoms with van der Waals surface area (Å²) >= 11 is 41.3. The van der Waals surface area contributed by atoms with Crippen LogP contribution < -0.4 is 44.1 Å². The molecule has 8 heterocycles. The molecule has 714 valence electrons. The lowest BCUT2D eigenvalue weighted by Crippen LogP contribution is -2.71. The molecule has 6 aliphatic heterocycles. The topological polar surface area (TPSA) is 139 Å². The Morgan fingerprint density at radius 2 is 0.605 bits per heavy atom. The zero-order valence-electron chi connectivity index (χ0n) is 83.5. The second kappa shape index (κ2) is 43.7. The lowest BCUT2D eigenvalue weighted by atomic mass is 9.99. The maximum Gasteiger partial charge on any atom is 0.404 e. The van der Waals surface area contributed by atoms with E-state index in [9.17, 15) is 0 Å². The molecule has 0 saturated heterocycles. The van der Waals surface area contributed by atoms with Crippen LogP contribution in [-0.2, 0) is 17.3 Å². The summed E-state index contributed by atoms with van der Waals surface area (Å²) in [5.74, 6) is 10.2. The van der Waals surface area contributed by atoms with Crippen molar-refractivity contribution in [2.24, 2.45) is 67.3 Å². The molecule has 0 aliphatic carbocycles. The fraction of sp³-hybridized carbons (Fsp3) is 0.683. The van der Waals surface area contributed by atoms with Gasteiger partial charge in [-0.3, -0.25) is 0 Å². The molecule has 6 aromatic rings. The van der Waals surface area contributed by atoms with Crippen LogP contribution in [0.15, 0.2) is 39.6 Å². The third-order valence-corrected chi connectivity index (χ3v) is 34.0. The molecule has 12 rings (SSSR count). The quantitative estimate of drug-likeness (QED) is 0.0204. The van der Waals surface area contributed by atoms with Gasteiger partial charge in [0, 0.05) is 40.1 Å². The van der Waals surface area contributed by atoms with E-state index in [4.69, 9.17) is 104 Å². The molecule has 129 heavy (non-hydrogen) atoms. The van der Waals surface area contributed by atoms with Gasteiger partial charge < -0.3 is 55.8 Å². The van der Waals surface area contributed by atoms with Crippen LogP contribution in [0.3, 0.4) is 0 Å². The Labute approximate surface area is 810 Å². The second-order valence-corrected chi connectivity index (χ2v) is 46.7. The lowest BCUT2D eigenvalue weighted by molar-refractivity contribution is -0.903. The number of amidine groups is 4. The Bertz CT molecular complexity index is 5330. The van der Waals surface area contributed by atoms with Gasteiger partial charge in [0.05, 0.1) is 206 Å². The molecule has 0 unspecified atom stereocenters. The van der Waals surface area contributed by atoms with Gasteiger partial charge in [0.2, 0.25) is 22.6 Å². The van der Waals surface area contributed by atoms with E-state index >= 15 is 0 Å². The Balaban J connectivity index is 1.44. The summed E-state index contributed by atoms with van der Waals surface area (Å²) < 4.78 is 74.0. The normalized spacial score (nSPS) is 15.6. The molecule has 0 radical (unpaired) electrons. The summed E-state index contributed by atoms with van der Waals surface area (Å²) in [7, 11) is 9.38. The molecule has 0 bridgehead atoms. The predicted octanol–water partition coefficient (Wildman–Crippen LogP) is 23.8. The van der Waals surface area contributed by atoms with E-state index in [0.717, 1.165) is 195 Å². The van der Waals surface area contributed by atoms with Crippen LogP contribution in [0.5, 0.6) is 40.2 Å². The van der Waals surface area contributed by atoms with E-state index in [1.807, 2.05) is 0 Å². The Kier molecular flexibility index (Phi) is 34.9. The summed E-state index contributed by atoms with van der Waals surface area (Å²) in [6.45, 7) is 68.5. The molecule has 1 atom stereocenters. The smallest absolute Gasteiger partial charge is 0.404 e. The zero-order chi connectivity index (χ0) is 93.8. The van der Waals surface area contributed by atoms with Gasteiger partial charge in [0.15, 0.2) is 23.0 Å². The Morgan fingerprint density at radius 3 is 0.969 bits per heavy atom. The van der Waals surface area contributed by atoms with Gasteiger partial charge in [-0.25, -0.2) is 0 Å². The summed E-state index contributed by atoms with van der Waals surface area (Å²) in [5, 5.41) is 4.51. The number of hydrogen-bond donors (Lipinski definition) is 0. The van der Waals surface area contributed by atoms with Gasteiger partial charge in [0.1, 0.15) is 49.0 Å². The first kappa shape index (κ1) is 103. The number of rotatable bonds is 56. The van der Waals surface area contributed by atoms with E-state index in [0.29, 0.717) is 197 Å². The van der Waals surface area contributed by atoms with Crippen molar-refractivity contribution < 1.29 is 65.0 Å². The van der Waals surface area contributed by atoms with E-state index in [-0.39, 0.29) is 54.0 Å². The summed E-state index contributed by atoms with van der Waals surface area (Å²) in [6, 6.07) is 0. The van der Waals surface area contributed by atoms with Crippen molar-refractivity contribution in [3.05, 3.63) is 58.9 Å². The number of ether oxygens (including phenoxy) is 8. The minimum absolute atomic E-state index is 0.175. The van der Waals surface area contributed by atoms with Crippen molar-refractivity contribution in [1.29, 1.82) is 0 Å². The zero-order valence-corrected chi connectivity index (χ0v) is 89.8. The molecule has 0 amide bonds. The Hall–Kier alpha value is -4.80. The van der Waals surface area contributed by atoms with Gasteiger partial charge in [0.25, 0.3) is 23.3 Å². The van der Waals surface area contributed by atoms with Crippen LogP contribution in [0, 0.1) is 47.3 Å². The summed E-state index contributed by atoms with van der Waals surface area (Å²) in [6.07, 6.45) is 5.21. The van der Waals surface area contributed by atoms with Crippen LogP contribution >= 0.6 is 93.5 Å². The van der Waals surface area contributed by atoms with Gasteiger partial charge in [-0.2, -0.15) is 9.13 Å². The second-order valence-electron chi connectivity index (χ2n) is 40.8. The van der Waals surface area contributed by atoms with Gasteiger partial charge in [-0.15, -0.1) is 56.2 Å². The fourth-order valence-corrected chi connectivity index (χ4v) is 23.8. The van der Waals surface area contributed by atoms with Crippen molar-refractivity contribution in [2.75, 3.05) is 183 Å². The molecule has 6 aliphatic rings. The molecule has 2 aromatic heterocycles. The average molecular weight is 1940 g/mol. The number of fused-ring (bicyclic) bond motifs is 12. The number of benzene rings is 4. The first-order valence-corrected chi connectivity index (χ1v) is 54.3.